The first kappa shape index (κ1) is 17.1. The van der Waals surface area contributed by atoms with Gasteiger partial charge in [-0.1, -0.05) is 24.3 Å². The van der Waals surface area contributed by atoms with E-state index in [1.54, 1.807) is 0 Å². The molecule has 0 bridgehead atoms. The first-order valence-electron chi connectivity index (χ1n) is 10.9. The van der Waals surface area contributed by atoms with Gasteiger partial charge >= 0.3 is 0 Å². The minimum atomic E-state index is 0.313. The van der Waals surface area contributed by atoms with E-state index in [9.17, 15) is 4.79 Å². The number of H-pyrrole nitrogens is 1. The van der Waals surface area contributed by atoms with Gasteiger partial charge in [0.2, 0.25) is 5.91 Å². The van der Waals surface area contributed by atoms with Crippen LogP contribution in [0.4, 0.5) is 5.69 Å². The summed E-state index contributed by atoms with van der Waals surface area (Å²) in [4.78, 5) is 24.9. The topological polar surface area (TPSA) is 52.2 Å². The van der Waals surface area contributed by atoms with Crippen molar-refractivity contribution in [1.29, 1.82) is 0 Å². The van der Waals surface area contributed by atoms with Crippen molar-refractivity contribution in [1.82, 2.24) is 14.9 Å². The molecule has 2 aromatic heterocycles. The van der Waals surface area contributed by atoms with Crippen LogP contribution in [0, 0.1) is 5.92 Å². The Kier molecular flexibility index (Phi) is 3.89. The third kappa shape index (κ3) is 3.18. The lowest BCUT2D eigenvalue weighted by atomic mass is 10.1. The molecule has 1 amide bonds. The van der Waals surface area contributed by atoms with E-state index in [1.165, 1.54) is 29.7 Å². The highest BCUT2D eigenvalue weighted by molar-refractivity contribution is 5.94. The van der Waals surface area contributed by atoms with Crippen LogP contribution in [0.1, 0.15) is 37.2 Å². The number of anilines is 1. The van der Waals surface area contributed by atoms with Gasteiger partial charge in [-0.3, -0.25) is 4.79 Å². The van der Waals surface area contributed by atoms with E-state index in [-0.39, 0.29) is 0 Å². The van der Waals surface area contributed by atoms with Crippen LogP contribution in [-0.2, 0) is 4.79 Å². The quantitative estimate of drug-likeness (QED) is 0.732. The molecule has 0 unspecified atom stereocenters. The number of hydrogen-bond acceptors (Lipinski definition) is 3. The molecule has 29 heavy (non-hydrogen) atoms. The summed E-state index contributed by atoms with van der Waals surface area (Å²) in [5.41, 5.74) is 5.93. The molecule has 2 saturated carbocycles. The molecule has 1 aromatic carbocycles. The zero-order chi connectivity index (χ0) is 19.4. The van der Waals surface area contributed by atoms with Gasteiger partial charge in [-0.2, -0.15) is 0 Å². The number of carbonyl (C=O) groups is 1. The minimum absolute atomic E-state index is 0.313. The van der Waals surface area contributed by atoms with Gasteiger partial charge in [-0.15, -0.1) is 0 Å². The van der Waals surface area contributed by atoms with Crippen LogP contribution in [0.3, 0.4) is 0 Å². The highest BCUT2D eigenvalue weighted by Crippen LogP contribution is 2.40. The Morgan fingerprint density at radius 2 is 1.72 bits per heavy atom. The number of nitrogens with one attached hydrogen (secondary N) is 1. The average molecular weight is 386 g/mol. The Morgan fingerprint density at radius 3 is 2.41 bits per heavy atom. The predicted molar refractivity (Wildman–Crippen MR) is 115 cm³/mol. The van der Waals surface area contributed by atoms with Crippen molar-refractivity contribution in [3.05, 3.63) is 48.2 Å². The maximum atomic E-state index is 12.3. The Hall–Kier alpha value is -2.82. The highest BCUT2D eigenvalue weighted by atomic mass is 16.2. The van der Waals surface area contributed by atoms with Gasteiger partial charge in [-0.05, 0) is 54.9 Å². The molecule has 1 N–H and O–H groups in total. The SMILES string of the molecule is O=C(C1CC1)N1CCN(c2ccnc3[nH]c(-c4ccc(C5CC5)cc4)cc23)CC1. The summed E-state index contributed by atoms with van der Waals surface area (Å²) in [5, 5.41) is 1.16. The van der Waals surface area contributed by atoms with Crippen molar-refractivity contribution < 1.29 is 4.79 Å². The fourth-order valence-corrected chi connectivity index (χ4v) is 4.55. The molecule has 1 aliphatic heterocycles. The van der Waals surface area contributed by atoms with Crippen molar-refractivity contribution in [3.8, 4) is 11.3 Å². The first-order chi connectivity index (χ1) is 14.3. The molecule has 148 valence electrons. The molecule has 1 saturated heterocycles. The first-order valence-corrected chi connectivity index (χ1v) is 10.9. The molecular formula is C24H26N4O. The summed E-state index contributed by atoms with van der Waals surface area (Å²) in [6.45, 7) is 3.40. The smallest absolute Gasteiger partial charge is 0.225 e. The van der Waals surface area contributed by atoms with Gasteiger partial charge in [0.05, 0.1) is 0 Å². The number of carbonyl (C=O) groups excluding carboxylic acids is 1. The normalized spacial score (nSPS) is 19.7. The third-order valence-electron chi connectivity index (χ3n) is 6.64. The number of piperazine rings is 1. The van der Waals surface area contributed by atoms with Crippen molar-refractivity contribution >= 4 is 22.6 Å². The summed E-state index contributed by atoms with van der Waals surface area (Å²) < 4.78 is 0. The maximum Gasteiger partial charge on any atom is 0.225 e. The number of fused-ring (bicyclic) bond motifs is 1. The largest absolute Gasteiger partial charge is 0.367 e. The van der Waals surface area contributed by atoms with Crippen LogP contribution in [0.2, 0.25) is 0 Å². The lowest BCUT2D eigenvalue weighted by Gasteiger charge is -2.36. The van der Waals surface area contributed by atoms with Crippen molar-refractivity contribution in [2.24, 2.45) is 5.92 Å². The highest BCUT2D eigenvalue weighted by Gasteiger charge is 2.34. The number of benzene rings is 1. The lowest BCUT2D eigenvalue weighted by Crippen LogP contribution is -2.49. The monoisotopic (exact) mass is 386 g/mol. The van der Waals surface area contributed by atoms with E-state index in [0.29, 0.717) is 11.8 Å². The van der Waals surface area contributed by atoms with E-state index in [1.807, 2.05) is 6.20 Å². The molecule has 0 radical (unpaired) electrons. The maximum absolute atomic E-state index is 12.3. The summed E-state index contributed by atoms with van der Waals surface area (Å²) in [7, 11) is 0. The zero-order valence-corrected chi connectivity index (χ0v) is 16.6. The average Bonchev–Trinajstić information content (AvgIpc) is 3.69. The van der Waals surface area contributed by atoms with E-state index < -0.39 is 0 Å². The van der Waals surface area contributed by atoms with E-state index >= 15 is 0 Å². The number of hydrogen-bond donors (Lipinski definition) is 1. The number of aromatic amines is 1. The van der Waals surface area contributed by atoms with Crippen LogP contribution in [0.5, 0.6) is 0 Å². The molecule has 0 atom stereocenters. The van der Waals surface area contributed by atoms with Gasteiger partial charge in [0.15, 0.2) is 0 Å². The van der Waals surface area contributed by atoms with Crippen LogP contribution < -0.4 is 4.90 Å². The second-order valence-electron chi connectivity index (χ2n) is 8.76. The standard InChI is InChI=1S/C24H26N4O/c29-24(19-7-8-19)28-13-11-27(12-14-28)22-9-10-25-23-20(22)15-21(26-23)18-5-3-17(4-6-18)16-1-2-16/h3-6,9-10,15-16,19H,1-2,7-8,11-14H2,(H,25,26). The Morgan fingerprint density at radius 1 is 0.966 bits per heavy atom. The summed E-state index contributed by atoms with van der Waals surface area (Å²) in [6.07, 6.45) is 6.71. The van der Waals surface area contributed by atoms with Crippen molar-refractivity contribution in [2.75, 3.05) is 31.1 Å². The van der Waals surface area contributed by atoms with E-state index in [2.05, 4.69) is 56.2 Å². The van der Waals surface area contributed by atoms with Crippen LogP contribution in [0.25, 0.3) is 22.3 Å². The Labute approximate surface area is 170 Å². The van der Waals surface area contributed by atoms with Crippen molar-refractivity contribution in [2.45, 2.75) is 31.6 Å². The molecule has 6 rings (SSSR count). The molecule has 2 aliphatic carbocycles. The number of aromatic nitrogens is 2. The summed E-state index contributed by atoms with van der Waals surface area (Å²) in [6, 6.07) is 13.3. The molecule has 5 nitrogen and oxygen atoms in total. The number of rotatable bonds is 4. The lowest BCUT2D eigenvalue weighted by molar-refractivity contribution is -0.132. The van der Waals surface area contributed by atoms with E-state index in [4.69, 9.17) is 0 Å². The fourth-order valence-electron chi connectivity index (χ4n) is 4.55. The fraction of sp³-hybridized carbons (Fsp3) is 0.417. The molecular weight excluding hydrogens is 360 g/mol. The second-order valence-corrected chi connectivity index (χ2v) is 8.76. The van der Waals surface area contributed by atoms with Gasteiger partial charge in [0.25, 0.3) is 0 Å². The van der Waals surface area contributed by atoms with Crippen LogP contribution in [0.15, 0.2) is 42.6 Å². The van der Waals surface area contributed by atoms with Gasteiger partial charge < -0.3 is 14.8 Å². The van der Waals surface area contributed by atoms with Gasteiger partial charge in [-0.25, -0.2) is 4.98 Å². The minimum Gasteiger partial charge on any atom is -0.367 e. The van der Waals surface area contributed by atoms with Gasteiger partial charge in [0.1, 0.15) is 5.65 Å². The molecule has 5 heteroatoms. The van der Waals surface area contributed by atoms with Crippen LogP contribution in [-0.4, -0.2) is 47.0 Å². The Bertz CT molecular complexity index is 1050. The molecule has 0 spiro atoms. The molecule has 3 aliphatic rings. The molecule has 3 fully saturated rings. The predicted octanol–water partition coefficient (Wildman–Crippen LogP) is 4.17. The number of nitrogens with zero attached hydrogens (tertiary/aromatic N) is 3. The summed E-state index contributed by atoms with van der Waals surface area (Å²) >= 11 is 0. The van der Waals surface area contributed by atoms with Crippen LogP contribution >= 0.6 is 0 Å². The number of amides is 1. The third-order valence-corrected chi connectivity index (χ3v) is 6.64. The molecule has 3 aromatic rings. The second kappa shape index (κ2) is 6.61. The van der Waals surface area contributed by atoms with E-state index in [0.717, 1.165) is 61.7 Å². The number of pyridine rings is 1. The van der Waals surface area contributed by atoms with Crippen molar-refractivity contribution in [3.63, 3.8) is 0 Å². The van der Waals surface area contributed by atoms with Gasteiger partial charge in [0, 0.05) is 55.1 Å². The molecule has 3 heterocycles. The Balaban J connectivity index is 1.25. The summed E-state index contributed by atoms with van der Waals surface area (Å²) in [5.74, 6) is 1.46. The zero-order valence-electron chi connectivity index (χ0n) is 16.6.